The van der Waals surface area contributed by atoms with Crippen LogP contribution >= 0.6 is 11.3 Å². The molecule has 0 saturated carbocycles. The third-order valence-electron chi connectivity index (χ3n) is 4.67. The van der Waals surface area contributed by atoms with Crippen molar-refractivity contribution in [1.82, 2.24) is 5.32 Å². The first kappa shape index (κ1) is 20.0. The Morgan fingerprint density at radius 1 is 1.00 bits per heavy atom. The highest BCUT2D eigenvalue weighted by atomic mass is 32.1. The van der Waals surface area contributed by atoms with Gasteiger partial charge in [0.25, 0.3) is 0 Å². The van der Waals surface area contributed by atoms with Crippen molar-refractivity contribution in [2.45, 2.75) is 25.8 Å². The maximum Gasteiger partial charge on any atom is 0.225 e. The van der Waals surface area contributed by atoms with Crippen molar-refractivity contribution >= 4 is 17.2 Å². The molecule has 3 rings (SSSR count). The molecule has 0 aliphatic carbocycles. The van der Waals surface area contributed by atoms with Crippen LogP contribution in [0.5, 0.6) is 11.5 Å². The number of hydrogen-bond acceptors (Lipinski definition) is 4. The molecule has 28 heavy (non-hydrogen) atoms. The summed E-state index contributed by atoms with van der Waals surface area (Å²) in [5.74, 6) is 1.24. The lowest BCUT2D eigenvalue weighted by Crippen LogP contribution is -2.30. The summed E-state index contributed by atoms with van der Waals surface area (Å²) in [4.78, 5) is 13.9. The monoisotopic (exact) mass is 395 g/mol. The Morgan fingerprint density at radius 2 is 1.71 bits per heavy atom. The van der Waals surface area contributed by atoms with Crippen molar-refractivity contribution in [3.05, 3.63) is 81.5 Å². The third kappa shape index (κ3) is 4.73. The van der Waals surface area contributed by atoms with Crippen LogP contribution < -0.4 is 14.8 Å². The summed E-state index contributed by atoms with van der Waals surface area (Å²) in [6, 6.07) is 17.9. The van der Waals surface area contributed by atoms with E-state index in [-0.39, 0.29) is 18.4 Å². The zero-order valence-corrected chi connectivity index (χ0v) is 17.2. The molecule has 1 amide bonds. The van der Waals surface area contributed by atoms with E-state index in [1.807, 2.05) is 29.6 Å². The van der Waals surface area contributed by atoms with Crippen molar-refractivity contribution in [2.75, 3.05) is 14.2 Å². The number of hydrogen-bond donors (Lipinski definition) is 1. The number of carbonyl (C=O) groups is 1. The number of methoxy groups -OCH3 is 2. The zero-order chi connectivity index (χ0) is 19.9. The number of carbonyl (C=O) groups excluding carboxylic acids is 1. The Bertz CT molecular complexity index is 904. The van der Waals surface area contributed by atoms with Gasteiger partial charge in [0.05, 0.1) is 26.7 Å². The standard InChI is InChI=1S/C23H25NO3S/c1-4-16-7-10-18(11-8-16)23(21-6-5-13-28-21)24-22(25)15-17-9-12-19(26-2)20(14-17)27-3/h5-14,23H,4,15H2,1-3H3,(H,24,25). The van der Waals surface area contributed by atoms with Gasteiger partial charge < -0.3 is 14.8 Å². The Hall–Kier alpha value is -2.79. The van der Waals surface area contributed by atoms with Crippen LogP contribution in [0.3, 0.4) is 0 Å². The molecule has 146 valence electrons. The van der Waals surface area contributed by atoms with E-state index < -0.39 is 0 Å². The molecule has 0 spiro atoms. The van der Waals surface area contributed by atoms with Gasteiger partial charge in [0.2, 0.25) is 5.91 Å². The fraction of sp³-hybridized carbons (Fsp3) is 0.261. The lowest BCUT2D eigenvalue weighted by Gasteiger charge is -2.19. The normalized spacial score (nSPS) is 11.7. The number of aryl methyl sites for hydroxylation is 1. The molecule has 5 heteroatoms. The highest BCUT2D eigenvalue weighted by molar-refractivity contribution is 7.10. The van der Waals surface area contributed by atoms with Gasteiger partial charge in [0, 0.05) is 4.88 Å². The minimum atomic E-state index is -0.154. The van der Waals surface area contributed by atoms with Crippen LogP contribution in [0.2, 0.25) is 0 Å². The van der Waals surface area contributed by atoms with Gasteiger partial charge in [0.15, 0.2) is 11.5 Å². The van der Waals surface area contributed by atoms with Crippen LogP contribution in [0.15, 0.2) is 60.0 Å². The summed E-state index contributed by atoms with van der Waals surface area (Å²) in [5, 5.41) is 5.22. The van der Waals surface area contributed by atoms with E-state index >= 15 is 0 Å². The molecule has 1 heterocycles. The van der Waals surface area contributed by atoms with Crippen molar-refractivity contribution in [3.63, 3.8) is 0 Å². The average Bonchev–Trinajstić information content (AvgIpc) is 3.26. The second kappa shape index (κ2) is 9.42. The smallest absolute Gasteiger partial charge is 0.225 e. The van der Waals surface area contributed by atoms with Crippen LogP contribution in [0.4, 0.5) is 0 Å². The molecule has 3 aromatic rings. The summed E-state index contributed by atoms with van der Waals surface area (Å²) in [7, 11) is 3.19. The summed E-state index contributed by atoms with van der Waals surface area (Å²) < 4.78 is 10.6. The average molecular weight is 396 g/mol. The molecular weight excluding hydrogens is 370 g/mol. The fourth-order valence-electron chi connectivity index (χ4n) is 3.11. The van der Waals surface area contributed by atoms with Crippen LogP contribution in [0.1, 0.15) is 34.5 Å². The predicted molar refractivity (Wildman–Crippen MR) is 113 cm³/mol. The molecule has 1 atom stereocenters. The second-order valence-electron chi connectivity index (χ2n) is 6.48. The number of benzene rings is 2. The Balaban J connectivity index is 1.78. The summed E-state index contributed by atoms with van der Waals surface area (Å²) >= 11 is 1.64. The van der Waals surface area contributed by atoms with E-state index in [1.165, 1.54) is 5.56 Å². The van der Waals surface area contributed by atoms with Gasteiger partial charge in [-0.25, -0.2) is 0 Å². The van der Waals surface area contributed by atoms with E-state index in [2.05, 4.69) is 42.6 Å². The molecule has 0 radical (unpaired) electrons. The number of rotatable bonds is 8. The molecule has 1 unspecified atom stereocenters. The second-order valence-corrected chi connectivity index (χ2v) is 7.46. The largest absolute Gasteiger partial charge is 0.493 e. The molecule has 1 N–H and O–H groups in total. The fourth-order valence-corrected chi connectivity index (χ4v) is 3.91. The van der Waals surface area contributed by atoms with Gasteiger partial charge >= 0.3 is 0 Å². The quantitative estimate of drug-likeness (QED) is 0.597. The molecule has 0 aliphatic rings. The van der Waals surface area contributed by atoms with E-state index in [0.29, 0.717) is 11.5 Å². The first-order valence-corrected chi connectivity index (χ1v) is 10.1. The van der Waals surface area contributed by atoms with E-state index in [9.17, 15) is 4.79 Å². The molecular formula is C23H25NO3S. The minimum Gasteiger partial charge on any atom is -0.493 e. The van der Waals surface area contributed by atoms with Crippen molar-refractivity contribution < 1.29 is 14.3 Å². The third-order valence-corrected chi connectivity index (χ3v) is 5.60. The lowest BCUT2D eigenvalue weighted by atomic mass is 10.0. The first-order valence-electron chi connectivity index (χ1n) is 9.27. The molecule has 0 aliphatic heterocycles. The molecule has 0 fully saturated rings. The highest BCUT2D eigenvalue weighted by Gasteiger charge is 2.18. The SMILES string of the molecule is CCc1ccc(C(NC(=O)Cc2ccc(OC)c(OC)c2)c2cccs2)cc1. The van der Waals surface area contributed by atoms with Crippen molar-refractivity contribution in [1.29, 1.82) is 0 Å². The first-order chi connectivity index (χ1) is 13.6. The zero-order valence-electron chi connectivity index (χ0n) is 16.4. The maximum atomic E-state index is 12.8. The van der Waals surface area contributed by atoms with Crippen LogP contribution in [0, 0.1) is 0 Å². The van der Waals surface area contributed by atoms with Crippen LogP contribution in [0.25, 0.3) is 0 Å². The topological polar surface area (TPSA) is 47.6 Å². The van der Waals surface area contributed by atoms with Gasteiger partial charge in [-0.15, -0.1) is 11.3 Å². The van der Waals surface area contributed by atoms with Gasteiger partial charge in [-0.3, -0.25) is 4.79 Å². The number of thiophene rings is 1. The van der Waals surface area contributed by atoms with Crippen molar-refractivity contribution in [3.8, 4) is 11.5 Å². The van der Waals surface area contributed by atoms with Gasteiger partial charge in [-0.05, 0) is 46.7 Å². The molecule has 4 nitrogen and oxygen atoms in total. The van der Waals surface area contributed by atoms with E-state index in [0.717, 1.165) is 22.4 Å². The van der Waals surface area contributed by atoms with Gasteiger partial charge in [-0.1, -0.05) is 43.3 Å². The Labute approximate surface area is 170 Å². The molecule has 0 bridgehead atoms. The van der Waals surface area contributed by atoms with Crippen LogP contribution in [-0.4, -0.2) is 20.1 Å². The number of nitrogens with one attached hydrogen (secondary N) is 1. The molecule has 2 aromatic carbocycles. The molecule has 0 saturated heterocycles. The predicted octanol–water partition coefficient (Wildman–Crippen LogP) is 4.78. The van der Waals surface area contributed by atoms with Crippen molar-refractivity contribution in [2.24, 2.45) is 0 Å². The summed E-state index contributed by atoms with van der Waals surface area (Å²) in [5.41, 5.74) is 3.24. The highest BCUT2D eigenvalue weighted by Crippen LogP contribution is 2.29. The lowest BCUT2D eigenvalue weighted by molar-refractivity contribution is -0.120. The number of ether oxygens (including phenoxy) is 2. The van der Waals surface area contributed by atoms with Gasteiger partial charge in [0.1, 0.15) is 0 Å². The Morgan fingerprint density at radius 3 is 2.32 bits per heavy atom. The maximum absolute atomic E-state index is 12.8. The van der Waals surface area contributed by atoms with E-state index in [1.54, 1.807) is 25.6 Å². The van der Waals surface area contributed by atoms with Crippen LogP contribution in [-0.2, 0) is 17.6 Å². The molecule has 1 aromatic heterocycles. The van der Waals surface area contributed by atoms with Gasteiger partial charge in [-0.2, -0.15) is 0 Å². The summed E-state index contributed by atoms with van der Waals surface area (Å²) in [6.07, 6.45) is 1.27. The minimum absolute atomic E-state index is 0.0369. The summed E-state index contributed by atoms with van der Waals surface area (Å²) in [6.45, 7) is 2.14. The number of amides is 1. The Kier molecular flexibility index (Phi) is 6.71. The van der Waals surface area contributed by atoms with E-state index in [4.69, 9.17) is 9.47 Å².